The normalized spacial score (nSPS) is 19.8. The van der Waals surface area contributed by atoms with Crippen molar-refractivity contribution in [2.45, 2.75) is 31.7 Å². The number of methoxy groups -OCH3 is 2. The zero-order chi connectivity index (χ0) is 17.9. The van der Waals surface area contributed by atoms with E-state index >= 15 is 0 Å². The maximum atomic E-state index is 6.09. The summed E-state index contributed by atoms with van der Waals surface area (Å²) in [5.41, 5.74) is 0.647. The van der Waals surface area contributed by atoms with Gasteiger partial charge in [-0.1, -0.05) is 11.6 Å². The van der Waals surface area contributed by atoms with Crippen molar-refractivity contribution in [2.75, 3.05) is 27.4 Å². The van der Waals surface area contributed by atoms with Gasteiger partial charge >= 0.3 is 0 Å². The fraction of sp³-hybridized carbons (Fsp3) is 0.529. The van der Waals surface area contributed by atoms with E-state index in [1.165, 1.54) is 0 Å². The molecule has 1 aromatic heterocycles. The first kappa shape index (κ1) is 18.1. The van der Waals surface area contributed by atoms with Crippen LogP contribution in [0.1, 0.15) is 31.8 Å². The number of hydrogen-bond donors (Lipinski definition) is 0. The summed E-state index contributed by atoms with van der Waals surface area (Å²) in [6.07, 6.45) is 0.708. The summed E-state index contributed by atoms with van der Waals surface area (Å²) in [7, 11) is 3.23. The summed E-state index contributed by atoms with van der Waals surface area (Å²) in [4.78, 5) is 0. The zero-order valence-electron chi connectivity index (χ0n) is 14.5. The molecule has 25 heavy (non-hydrogen) atoms. The molecule has 0 aliphatic carbocycles. The van der Waals surface area contributed by atoms with Crippen LogP contribution in [-0.4, -0.2) is 43.4 Å². The Morgan fingerprint density at radius 1 is 1.28 bits per heavy atom. The molecule has 1 aliphatic rings. The van der Waals surface area contributed by atoms with Crippen molar-refractivity contribution in [1.82, 2.24) is 10.2 Å². The molecule has 1 saturated heterocycles. The first-order valence-corrected chi connectivity index (χ1v) is 8.46. The second-order valence-corrected chi connectivity index (χ2v) is 6.09. The minimum atomic E-state index is -0.704. The topological polar surface area (TPSA) is 75.8 Å². The van der Waals surface area contributed by atoms with Crippen molar-refractivity contribution < 1.29 is 23.4 Å². The first-order chi connectivity index (χ1) is 12.1. The Bertz CT molecular complexity index is 717. The average Bonchev–Trinajstić information content (AvgIpc) is 3.13. The maximum absolute atomic E-state index is 6.09. The standard InChI is InChI=1S/C17H21ClN2O5/c1-4-23-13-6-5-11(18)9-12(13)15-19-20-16(25-15)14-10-17(21-2,22-3)7-8-24-14/h5-6,9,14H,4,7-8,10H2,1-3H3. The largest absolute Gasteiger partial charge is 0.493 e. The molecule has 1 aromatic carbocycles. The van der Waals surface area contributed by atoms with E-state index in [0.717, 1.165) is 0 Å². The van der Waals surface area contributed by atoms with Gasteiger partial charge in [0.15, 0.2) is 5.79 Å². The minimum Gasteiger partial charge on any atom is -0.493 e. The molecule has 1 atom stereocenters. The molecule has 0 saturated carbocycles. The van der Waals surface area contributed by atoms with Crippen LogP contribution in [0.3, 0.4) is 0 Å². The monoisotopic (exact) mass is 368 g/mol. The second kappa shape index (κ2) is 7.70. The van der Waals surface area contributed by atoms with E-state index in [0.29, 0.717) is 54.2 Å². The summed E-state index contributed by atoms with van der Waals surface area (Å²) in [5.74, 6) is 0.630. The summed E-state index contributed by atoms with van der Waals surface area (Å²) < 4.78 is 28.2. The Kier molecular flexibility index (Phi) is 5.58. The van der Waals surface area contributed by atoms with E-state index < -0.39 is 11.9 Å². The molecule has 1 fully saturated rings. The van der Waals surface area contributed by atoms with Gasteiger partial charge in [0.25, 0.3) is 5.89 Å². The van der Waals surface area contributed by atoms with Gasteiger partial charge in [-0.15, -0.1) is 10.2 Å². The molecular formula is C17H21ClN2O5. The molecule has 0 bridgehead atoms. The lowest BCUT2D eigenvalue weighted by Crippen LogP contribution is -2.41. The minimum absolute atomic E-state index is 0.329. The highest BCUT2D eigenvalue weighted by Gasteiger charge is 2.40. The van der Waals surface area contributed by atoms with Crippen molar-refractivity contribution in [3.05, 3.63) is 29.1 Å². The van der Waals surface area contributed by atoms with E-state index in [1.54, 1.807) is 32.4 Å². The van der Waals surface area contributed by atoms with Crippen molar-refractivity contribution in [3.63, 3.8) is 0 Å². The van der Waals surface area contributed by atoms with Crippen LogP contribution < -0.4 is 4.74 Å². The molecule has 1 unspecified atom stereocenters. The number of halogens is 1. The quantitative estimate of drug-likeness (QED) is 0.720. The predicted octanol–water partition coefficient (Wildman–Crippen LogP) is 3.63. The molecule has 2 aromatic rings. The highest BCUT2D eigenvalue weighted by molar-refractivity contribution is 6.30. The van der Waals surface area contributed by atoms with Gasteiger partial charge in [-0.3, -0.25) is 0 Å². The molecule has 136 valence electrons. The third kappa shape index (κ3) is 3.79. The predicted molar refractivity (Wildman–Crippen MR) is 90.6 cm³/mol. The van der Waals surface area contributed by atoms with Crippen LogP contribution in [0.5, 0.6) is 5.75 Å². The number of aromatic nitrogens is 2. The number of hydrogen-bond acceptors (Lipinski definition) is 7. The van der Waals surface area contributed by atoms with Gasteiger partial charge in [-0.05, 0) is 25.1 Å². The zero-order valence-corrected chi connectivity index (χ0v) is 15.2. The van der Waals surface area contributed by atoms with E-state index in [2.05, 4.69) is 10.2 Å². The SMILES string of the molecule is CCOc1ccc(Cl)cc1-c1nnc(C2CC(OC)(OC)CCO2)o1. The summed E-state index contributed by atoms with van der Waals surface area (Å²) in [5, 5.41) is 8.82. The number of nitrogens with zero attached hydrogens (tertiary/aromatic N) is 2. The van der Waals surface area contributed by atoms with Crippen LogP contribution >= 0.6 is 11.6 Å². The Hall–Kier alpha value is -1.67. The van der Waals surface area contributed by atoms with Crippen molar-refractivity contribution >= 4 is 11.6 Å². The molecule has 0 spiro atoms. The van der Waals surface area contributed by atoms with Crippen molar-refractivity contribution in [3.8, 4) is 17.2 Å². The van der Waals surface area contributed by atoms with Crippen LogP contribution in [0.15, 0.2) is 22.6 Å². The molecule has 8 heteroatoms. The lowest BCUT2D eigenvalue weighted by molar-refractivity contribution is -0.260. The first-order valence-electron chi connectivity index (χ1n) is 8.09. The van der Waals surface area contributed by atoms with Crippen LogP contribution in [0.25, 0.3) is 11.5 Å². The van der Waals surface area contributed by atoms with Crippen LogP contribution in [0.2, 0.25) is 5.02 Å². The van der Waals surface area contributed by atoms with Crippen molar-refractivity contribution in [1.29, 1.82) is 0 Å². The molecule has 2 heterocycles. The summed E-state index contributed by atoms with van der Waals surface area (Å²) >= 11 is 6.09. The molecule has 1 aliphatic heterocycles. The second-order valence-electron chi connectivity index (χ2n) is 5.65. The fourth-order valence-corrected chi connectivity index (χ4v) is 3.01. The van der Waals surface area contributed by atoms with E-state index in [9.17, 15) is 0 Å². The highest BCUT2D eigenvalue weighted by atomic mass is 35.5. The molecule has 0 amide bonds. The number of ether oxygens (including phenoxy) is 4. The van der Waals surface area contributed by atoms with Crippen LogP contribution in [-0.2, 0) is 14.2 Å². The van der Waals surface area contributed by atoms with Gasteiger partial charge < -0.3 is 23.4 Å². The maximum Gasteiger partial charge on any atom is 0.251 e. The average molecular weight is 369 g/mol. The van der Waals surface area contributed by atoms with Gasteiger partial charge in [0.2, 0.25) is 5.89 Å². The highest BCUT2D eigenvalue weighted by Crippen LogP contribution is 2.38. The third-order valence-corrected chi connectivity index (χ3v) is 4.47. The van der Waals surface area contributed by atoms with Crippen molar-refractivity contribution in [2.24, 2.45) is 0 Å². The smallest absolute Gasteiger partial charge is 0.251 e. The Balaban J connectivity index is 1.87. The van der Waals surface area contributed by atoms with Gasteiger partial charge in [-0.25, -0.2) is 0 Å². The van der Waals surface area contributed by atoms with E-state index in [1.807, 2.05) is 6.92 Å². The number of rotatable bonds is 6. The lowest BCUT2D eigenvalue weighted by atomic mass is 10.0. The van der Waals surface area contributed by atoms with Gasteiger partial charge in [0, 0.05) is 32.1 Å². The molecule has 0 radical (unpaired) electrons. The van der Waals surface area contributed by atoms with E-state index in [-0.39, 0.29) is 0 Å². The fourth-order valence-electron chi connectivity index (χ4n) is 2.84. The van der Waals surface area contributed by atoms with Gasteiger partial charge in [0.05, 0.1) is 18.8 Å². The summed E-state index contributed by atoms with van der Waals surface area (Å²) in [6, 6.07) is 5.27. The Labute approximate surface area is 151 Å². The van der Waals surface area contributed by atoms with Crippen LogP contribution in [0.4, 0.5) is 0 Å². The third-order valence-electron chi connectivity index (χ3n) is 4.23. The molecule has 0 N–H and O–H groups in total. The number of benzene rings is 1. The lowest BCUT2D eigenvalue weighted by Gasteiger charge is -2.37. The molecule has 3 rings (SSSR count). The molecular weight excluding hydrogens is 348 g/mol. The van der Waals surface area contributed by atoms with Crippen LogP contribution in [0, 0.1) is 0 Å². The van der Waals surface area contributed by atoms with Gasteiger partial charge in [-0.2, -0.15) is 0 Å². The Morgan fingerprint density at radius 2 is 2.08 bits per heavy atom. The van der Waals surface area contributed by atoms with Gasteiger partial charge in [0.1, 0.15) is 11.9 Å². The summed E-state index contributed by atoms with van der Waals surface area (Å²) in [6.45, 7) is 2.90. The van der Waals surface area contributed by atoms with E-state index in [4.69, 9.17) is 35.0 Å². The molecule has 7 nitrogen and oxygen atoms in total. The Morgan fingerprint density at radius 3 is 2.80 bits per heavy atom.